The third-order valence-corrected chi connectivity index (χ3v) is 2.67. The zero-order chi connectivity index (χ0) is 5.70. The molecule has 0 aliphatic heterocycles. The normalized spacial score (nSPS) is 14.4. The minimum atomic E-state index is -0.126. The molecule has 0 aliphatic carbocycles. The summed E-state index contributed by atoms with van der Waals surface area (Å²) in [6.07, 6.45) is 6.38. The van der Waals surface area contributed by atoms with E-state index in [-0.39, 0.29) is 9.52 Å². The molecule has 0 nitrogen and oxygen atoms in total. The van der Waals surface area contributed by atoms with Gasteiger partial charge in [-0.2, -0.15) is 0 Å². The van der Waals surface area contributed by atoms with E-state index in [0.717, 1.165) is 5.54 Å². The molecule has 0 fully saturated rings. The van der Waals surface area contributed by atoms with E-state index in [1.165, 1.54) is 6.42 Å². The maximum absolute atomic E-state index is 5.12. The molecule has 0 radical (unpaired) electrons. The van der Waals surface area contributed by atoms with Crippen LogP contribution in [0.5, 0.6) is 0 Å². The van der Waals surface area contributed by atoms with Crippen LogP contribution in [0.15, 0.2) is 0 Å². The lowest BCUT2D eigenvalue weighted by Gasteiger charge is -1.97. The molecule has 0 amide bonds. The number of hydrogen-bond acceptors (Lipinski definition) is 0. The second kappa shape index (κ2) is 3.95. The van der Waals surface area contributed by atoms with Crippen LogP contribution in [0.3, 0.4) is 0 Å². The Morgan fingerprint density at radius 1 is 1.86 bits per heavy atom. The smallest absolute Gasteiger partial charge is 0.109 e. The van der Waals surface area contributed by atoms with Gasteiger partial charge in [0.05, 0.1) is 0 Å². The van der Waals surface area contributed by atoms with Crippen LogP contribution >= 0.6 is 0 Å². The Balaban J connectivity index is 3.03. The zero-order valence-corrected chi connectivity index (χ0v) is 6.48. The molecule has 0 aromatic rings. The van der Waals surface area contributed by atoms with Gasteiger partial charge in [-0.1, -0.05) is 20.3 Å². The van der Waals surface area contributed by atoms with Crippen LogP contribution < -0.4 is 0 Å². The van der Waals surface area contributed by atoms with Crippen molar-refractivity contribution >= 4 is 9.52 Å². The van der Waals surface area contributed by atoms with Gasteiger partial charge in [0.15, 0.2) is 0 Å². The van der Waals surface area contributed by atoms with Crippen molar-refractivity contribution < 1.29 is 0 Å². The van der Waals surface area contributed by atoms with E-state index in [2.05, 4.69) is 19.4 Å². The summed E-state index contributed by atoms with van der Waals surface area (Å²) >= 11 is 0. The lowest BCUT2D eigenvalue weighted by molar-refractivity contribution is 0.875. The van der Waals surface area contributed by atoms with Gasteiger partial charge in [-0.25, -0.2) is 0 Å². The summed E-state index contributed by atoms with van der Waals surface area (Å²) in [5.41, 5.74) is 3.61. The van der Waals surface area contributed by atoms with Gasteiger partial charge in [0, 0.05) is 0 Å². The fourth-order valence-electron chi connectivity index (χ4n) is 0.346. The average Bonchev–Trinajstić information content (AvgIpc) is 1.68. The van der Waals surface area contributed by atoms with E-state index in [1.54, 1.807) is 0 Å². The molecule has 0 saturated carbocycles. The van der Waals surface area contributed by atoms with E-state index >= 15 is 0 Å². The molecule has 0 bridgehead atoms. The van der Waals surface area contributed by atoms with Gasteiger partial charge in [-0.05, 0) is 5.54 Å². The first-order valence-electron chi connectivity index (χ1n) is 2.74. The Hall–Kier alpha value is -0.223. The zero-order valence-electron chi connectivity index (χ0n) is 5.07. The second-order valence-electron chi connectivity index (χ2n) is 1.92. The molecule has 0 rings (SSSR count). The molecule has 1 unspecified atom stereocenters. The minimum absolute atomic E-state index is 0.126. The molecule has 40 valence electrons. The fourth-order valence-corrected chi connectivity index (χ4v) is 1.04. The van der Waals surface area contributed by atoms with Gasteiger partial charge in [0.25, 0.3) is 0 Å². The van der Waals surface area contributed by atoms with Gasteiger partial charge in [0.2, 0.25) is 0 Å². The summed E-state index contributed by atoms with van der Waals surface area (Å²) in [5, 5.41) is 0. The molecule has 0 spiro atoms. The molecule has 7 heavy (non-hydrogen) atoms. The molecule has 1 atom stereocenters. The molecule has 0 aromatic heterocycles. The quantitative estimate of drug-likeness (QED) is 0.369. The first-order valence-corrected chi connectivity index (χ1v) is 4.27. The van der Waals surface area contributed by atoms with Gasteiger partial charge < -0.3 is 0 Å². The molecule has 0 heterocycles. The van der Waals surface area contributed by atoms with Crippen molar-refractivity contribution in [2.75, 3.05) is 0 Å². The van der Waals surface area contributed by atoms with E-state index in [1.807, 2.05) is 0 Å². The maximum atomic E-state index is 5.12. The number of rotatable bonds is 2. The standard InChI is InChI=1S/C6H12Si/c1-4-6(3)7-5-2/h2,6H,4,7H2,1,3H3. The average molecular weight is 112 g/mol. The Bertz CT molecular complexity index is 70.7. The van der Waals surface area contributed by atoms with Crippen molar-refractivity contribution in [1.82, 2.24) is 0 Å². The highest BCUT2D eigenvalue weighted by Gasteiger charge is 1.92. The SMILES string of the molecule is C#C[SiH2]C(C)CC. The van der Waals surface area contributed by atoms with Crippen molar-refractivity contribution in [2.45, 2.75) is 25.8 Å². The monoisotopic (exact) mass is 112 g/mol. The topological polar surface area (TPSA) is 0 Å². The molecular weight excluding hydrogens is 100 g/mol. The van der Waals surface area contributed by atoms with Crippen LogP contribution in [-0.2, 0) is 0 Å². The third kappa shape index (κ3) is 3.61. The molecule has 0 N–H and O–H groups in total. The van der Waals surface area contributed by atoms with Gasteiger partial charge in [-0.15, -0.1) is 12.0 Å². The highest BCUT2D eigenvalue weighted by atomic mass is 28.2. The minimum Gasteiger partial charge on any atom is -0.143 e. The van der Waals surface area contributed by atoms with Crippen molar-refractivity contribution in [2.24, 2.45) is 0 Å². The second-order valence-corrected chi connectivity index (χ2v) is 4.13. The van der Waals surface area contributed by atoms with Crippen LogP contribution in [0, 0.1) is 12.0 Å². The third-order valence-electron chi connectivity index (χ3n) is 1.16. The first kappa shape index (κ1) is 6.78. The summed E-state index contributed by atoms with van der Waals surface area (Å²) in [6, 6.07) is 0. The highest BCUT2D eigenvalue weighted by Crippen LogP contribution is 2.03. The van der Waals surface area contributed by atoms with Crippen LogP contribution in [0.1, 0.15) is 20.3 Å². The lowest BCUT2D eigenvalue weighted by Crippen LogP contribution is -1.92. The fraction of sp³-hybridized carbons (Fsp3) is 0.667. The summed E-state index contributed by atoms with van der Waals surface area (Å²) < 4.78 is 0. The Kier molecular flexibility index (Phi) is 3.82. The van der Waals surface area contributed by atoms with Crippen molar-refractivity contribution in [3.63, 3.8) is 0 Å². The van der Waals surface area contributed by atoms with Gasteiger partial charge >= 0.3 is 0 Å². The van der Waals surface area contributed by atoms with E-state index in [9.17, 15) is 0 Å². The predicted octanol–water partition coefficient (Wildman–Crippen LogP) is 0.964. The van der Waals surface area contributed by atoms with Crippen molar-refractivity contribution in [3.05, 3.63) is 0 Å². The van der Waals surface area contributed by atoms with Crippen LogP contribution in [0.25, 0.3) is 0 Å². The molecule has 0 saturated heterocycles. The number of hydrogen-bond donors (Lipinski definition) is 0. The Morgan fingerprint density at radius 3 is 2.57 bits per heavy atom. The summed E-state index contributed by atoms with van der Waals surface area (Å²) in [4.78, 5) is 0. The summed E-state index contributed by atoms with van der Waals surface area (Å²) in [6.45, 7) is 4.42. The molecule has 0 aliphatic rings. The van der Waals surface area contributed by atoms with E-state index in [4.69, 9.17) is 6.42 Å². The lowest BCUT2D eigenvalue weighted by atomic mass is 10.4. The molecule has 1 heteroatoms. The van der Waals surface area contributed by atoms with Crippen LogP contribution in [0.2, 0.25) is 5.54 Å². The van der Waals surface area contributed by atoms with Crippen molar-refractivity contribution in [3.8, 4) is 12.0 Å². The van der Waals surface area contributed by atoms with Gasteiger partial charge in [-0.3, -0.25) is 0 Å². The summed E-state index contributed by atoms with van der Waals surface area (Å²) in [7, 11) is -0.126. The molecular formula is C6H12Si. The maximum Gasteiger partial charge on any atom is 0.109 e. The number of terminal acetylenes is 1. The van der Waals surface area contributed by atoms with Gasteiger partial charge in [0.1, 0.15) is 9.52 Å². The molecule has 0 aromatic carbocycles. The highest BCUT2D eigenvalue weighted by molar-refractivity contribution is 6.47. The van der Waals surface area contributed by atoms with Crippen LogP contribution in [0.4, 0.5) is 0 Å². The Labute approximate surface area is 48.1 Å². The predicted molar refractivity (Wildman–Crippen MR) is 37.1 cm³/mol. The van der Waals surface area contributed by atoms with E-state index in [0.29, 0.717) is 0 Å². The van der Waals surface area contributed by atoms with Crippen molar-refractivity contribution in [1.29, 1.82) is 0 Å². The largest absolute Gasteiger partial charge is 0.143 e. The summed E-state index contributed by atoms with van der Waals surface area (Å²) in [5.74, 6) is 0. The first-order chi connectivity index (χ1) is 3.31. The van der Waals surface area contributed by atoms with Crippen LogP contribution in [-0.4, -0.2) is 9.52 Å². The Morgan fingerprint density at radius 2 is 2.43 bits per heavy atom. The van der Waals surface area contributed by atoms with E-state index < -0.39 is 0 Å².